The molecule has 1 aromatic rings. The van der Waals surface area contributed by atoms with E-state index in [1.807, 2.05) is 0 Å². The van der Waals surface area contributed by atoms with Crippen LogP contribution in [0.4, 0.5) is 5.69 Å². The number of hydrogen-bond acceptors (Lipinski definition) is 4. The van der Waals surface area contributed by atoms with Crippen molar-refractivity contribution in [1.29, 1.82) is 0 Å². The Labute approximate surface area is 93.6 Å². The molecule has 0 unspecified atom stereocenters. The lowest BCUT2D eigenvalue weighted by Crippen LogP contribution is -2.12. The molecule has 0 bridgehead atoms. The van der Waals surface area contributed by atoms with Crippen molar-refractivity contribution in [1.82, 2.24) is 4.98 Å². The third-order valence-corrected chi connectivity index (χ3v) is 2.84. The van der Waals surface area contributed by atoms with Crippen LogP contribution in [0.25, 0.3) is 0 Å². The van der Waals surface area contributed by atoms with Crippen molar-refractivity contribution < 1.29 is 9.66 Å². The number of hydrogen-bond donors (Lipinski definition) is 0. The minimum absolute atomic E-state index is 0.0405. The van der Waals surface area contributed by atoms with Crippen molar-refractivity contribution >= 4 is 5.69 Å². The summed E-state index contributed by atoms with van der Waals surface area (Å²) in [6.07, 6.45) is 5.98. The maximum absolute atomic E-state index is 10.6. The van der Waals surface area contributed by atoms with Crippen molar-refractivity contribution in [3.63, 3.8) is 0 Å². The van der Waals surface area contributed by atoms with Crippen LogP contribution < -0.4 is 4.74 Å². The van der Waals surface area contributed by atoms with Gasteiger partial charge < -0.3 is 4.74 Å². The fraction of sp³-hybridized carbons (Fsp3) is 0.545. The number of ether oxygens (including phenoxy) is 1. The summed E-state index contributed by atoms with van der Waals surface area (Å²) in [5.41, 5.74) is 0.631. The first-order valence-electron chi connectivity index (χ1n) is 5.44. The Kier molecular flexibility index (Phi) is 3.03. The van der Waals surface area contributed by atoms with Crippen LogP contribution in [-0.2, 0) is 0 Å². The molecule has 0 spiro atoms. The van der Waals surface area contributed by atoms with Crippen LogP contribution in [0.3, 0.4) is 0 Å². The van der Waals surface area contributed by atoms with Crippen LogP contribution in [0.5, 0.6) is 5.88 Å². The molecule has 0 atom stereocenters. The highest BCUT2D eigenvalue weighted by atomic mass is 16.6. The van der Waals surface area contributed by atoms with Crippen LogP contribution in [0.1, 0.15) is 31.2 Å². The van der Waals surface area contributed by atoms with E-state index in [9.17, 15) is 10.1 Å². The van der Waals surface area contributed by atoms with Gasteiger partial charge in [-0.15, -0.1) is 0 Å². The van der Waals surface area contributed by atoms with Gasteiger partial charge in [-0.05, 0) is 32.6 Å². The number of pyridine rings is 1. The van der Waals surface area contributed by atoms with Gasteiger partial charge in [0, 0.05) is 11.6 Å². The minimum atomic E-state index is -0.429. The van der Waals surface area contributed by atoms with E-state index in [1.165, 1.54) is 19.0 Å². The Hall–Kier alpha value is -1.65. The van der Waals surface area contributed by atoms with Gasteiger partial charge >= 0.3 is 0 Å². The van der Waals surface area contributed by atoms with E-state index < -0.39 is 4.92 Å². The summed E-state index contributed by atoms with van der Waals surface area (Å²) in [5.74, 6) is 0.495. The van der Waals surface area contributed by atoms with E-state index in [0.29, 0.717) is 11.4 Å². The Morgan fingerprint density at radius 2 is 2.19 bits per heavy atom. The molecule has 0 radical (unpaired) electrons. The van der Waals surface area contributed by atoms with Crippen molar-refractivity contribution in [3.8, 4) is 5.88 Å². The second-order valence-electron chi connectivity index (χ2n) is 4.09. The van der Waals surface area contributed by atoms with E-state index >= 15 is 0 Å². The Morgan fingerprint density at radius 3 is 2.75 bits per heavy atom. The van der Waals surface area contributed by atoms with Gasteiger partial charge in [0.1, 0.15) is 12.3 Å². The molecule has 0 saturated heterocycles. The third kappa shape index (κ3) is 2.29. The van der Waals surface area contributed by atoms with Gasteiger partial charge in [0.05, 0.1) is 4.92 Å². The zero-order valence-corrected chi connectivity index (χ0v) is 9.18. The highest BCUT2D eigenvalue weighted by Crippen LogP contribution is 2.25. The fourth-order valence-electron chi connectivity index (χ4n) is 1.96. The molecule has 0 amide bonds. The quantitative estimate of drug-likeness (QED) is 0.582. The van der Waals surface area contributed by atoms with Crippen molar-refractivity contribution in [2.75, 3.05) is 0 Å². The van der Waals surface area contributed by atoms with E-state index in [2.05, 4.69) is 4.98 Å². The second-order valence-corrected chi connectivity index (χ2v) is 4.09. The van der Waals surface area contributed by atoms with Crippen LogP contribution in [-0.4, -0.2) is 16.0 Å². The molecule has 1 saturated carbocycles. The average Bonchev–Trinajstić information content (AvgIpc) is 2.70. The van der Waals surface area contributed by atoms with Gasteiger partial charge in [-0.2, -0.15) is 0 Å². The highest BCUT2D eigenvalue weighted by molar-refractivity contribution is 5.39. The van der Waals surface area contributed by atoms with Crippen molar-refractivity contribution in [2.45, 2.75) is 38.7 Å². The van der Waals surface area contributed by atoms with Crippen molar-refractivity contribution in [3.05, 3.63) is 27.9 Å². The van der Waals surface area contributed by atoms with Gasteiger partial charge in [-0.3, -0.25) is 10.1 Å². The van der Waals surface area contributed by atoms with Gasteiger partial charge in [0.25, 0.3) is 5.69 Å². The van der Waals surface area contributed by atoms with Gasteiger partial charge in [0.2, 0.25) is 5.88 Å². The maximum atomic E-state index is 10.6. The van der Waals surface area contributed by atoms with Crippen LogP contribution in [0.2, 0.25) is 0 Å². The molecular weight excluding hydrogens is 208 g/mol. The molecule has 1 aliphatic rings. The number of rotatable bonds is 3. The molecule has 5 nitrogen and oxygen atoms in total. The van der Waals surface area contributed by atoms with Gasteiger partial charge in [-0.1, -0.05) is 0 Å². The lowest BCUT2D eigenvalue weighted by Gasteiger charge is -2.11. The summed E-state index contributed by atoms with van der Waals surface area (Å²) < 4.78 is 5.66. The molecule has 0 aromatic carbocycles. The number of aromatic nitrogens is 1. The molecule has 86 valence electrons. The second kappa shape index (κ2) is 4.47. The molecule has 1 fully saturated rings. The summed E-state index contributed by atoms with van der Waals surface area (Å²) >= 11 is 0. The predicted octanol–water partition coefficient (Wildman–Crippen LogP) is 2.62. The first-order valence-corrected chi connectivity index (χ1v) is 5.44. The van der Waals surface area contributed by atoms with E-state index in [1.54, 1.807) is 13.0 Å². The zero-order valence-electron chi connectivity index (χ0n) is 9.18. The number of aryl methyl sites for hydroxylation is 1. The number of nitro groups is 1. The highest BCUT2D eigenvalue weighted by Gasteiger charge is 2.18. The van der Waals surface area contributed by atoms with Crippen LogP contribution in [0, 0.1) is 17.0 Å². The zero-order chi connectivity index (χ0) is 11.5. The first-order chi connectivity index (χ1) is 7.66. The minimum Gasteiger partial charge on any atom is -0.474 e. The molecule has 1 aromatic heterocycles. The standard InChI is InChI=1S/C11H14N2O3/c1-8-6-11(12-7-10(8)13(14)15)16-9-4-2-3-5-9/h6-7,9H,2-5H2,1H3. The van der Waals surface area contributed by atoms with Crippen LogP contribution in [0.15, 0.2) is 12.3 Å². The smallest absolute Gasteiger partial charge is 0.290 e. The van der Waals surface area contributed by atoms with E-state index in [-0.39, 0.29) is 11.8 Å². The van der Waals surface area contributed by atoms with Gasteiger partial charge in [-0.25, -0.2) is 4.98 Å². The Bertz CT molecular complexity index is 400. The summed E-state index contributed by atoms with van der Waals surface area (Å²) in [5, 5.41) is 10.6. The third-order valence-electron chi connectivity index (χ3n) is 2.84. The number of nitrogens with zero attached hydrogens (tertiary/aromatic N) is 2. The summed E-state index contributed by atoms with van der Waals surface area (Å²) in [7, 11) is 0. The normalized spacial score (nSPS) is 16.3. The monoisotopic (exact) mass is 222 g/mol. The van der Waals surface area contributed by atoms with E-state index in [0.717, 1.165) is 12.8 Å². The maximum Gasteiger partial charge on any atom is 0.290 e. The molecule has 2 rings (SSSR count). The Balaban J connectivity index is 2.11. The Morgan fingerprint density at radius 1 is 1.50 bits per heavy atom. The fourth-order valence-corrected chi connectivity index (χ4v) is 1.96. The van der Waals surface area contributed by atoms with Crippen LogP contribution >= 0.6 is 0 Å². The molecule has 0 N–H and O–H groups in total. The summed E-state index contributed by atoms with van der Waals surface area (Å²) in [6, 6.07) is 1.64. The lowest BCUT2D eigenvalue weighted by molar-refractivity contribution is -0.385. The summed E-state index contributed by atoms with van der Waals surface area (Å²) in [4.78, 5) is 14.1. The molecule has 1 heterocycles. The SMILES string of the molecule is Cc1cc(OC2CCCC2)ncc1[N+](=O)[O-]. The molecule has 0 aliphatic heterocycles. The molecule has 1 aliphatic carbocycles. The van der Waals surface area contributed by atoms with E-state index in [4.69, 9.17) is 4.74 Å². The molecule has 16 heavy (non-hydrogen) atoms. The predicted molar refractivity (Wildman–Crippen MR) is 58.5 cm³/mol. The average molecular weight is 222 g/mol. The topological polar surface area (TPSA) is 65.3 Å². The molecular formula is C11H14N2O3. The lowest BCUT2D eigenvalue weighted by atomic mass is 10.2. The van der Waals surface area contributed by atoms with Crippen molar-refractivity contribution in [2.24, 2.45) is 0 Å². The van der Waals surface area contributed by atoms with Gasteiger partial charge in [0.15, 0.2) is 0 Å². The largest absolute Gasteiger partial charge is 0.474 e. The summed E-state index contributed by atoms with van der Waals surface area (Å²) in [6.45, 7) is 1.70. The first kappa shape index (κ1) is 10.9. The molecule has 5 heteroatoms.